The first-order valence-electron chi connectivity index (χ1n) is 4.61. The van der Waals surface area contributed by atoms with E-state index in [2.05, 4.69) is 52.0 Å². The molecule has 0 radical (unpaired) electrons. The second kappa shape index (κ2) is 3.35. The number of aryl methyl sites for hydroxylation is 1. The lowest BCUT2D eigenvalue weighted by molar-refractivity contribution is 0.845. The minimum Gasteiger partial charge on any atom is -0.212 e. The molecule has 0 saturated carbocycles. The number of halogens is 1. The number of hydrogen-bond donors (Lipinski definition) is 0. The number of rotatable bonds is 1. The van der Waals surface area contributed by atoms with E-state index in [0.717, 1.165) is 16.1 Å². The first-order valence-corrected chi connectivity index (χ1v) is 5.40. The van der Waals surface area contributed by atoms with Crippen LogP contribution >= 0.6 is 15.9 Å². The summed E-state index contributed by atoms with van der Waals surface area (Å²) < 4.78 is 2.76. The molecule has 74 valence electrons. The number of aromatic nitrogens is 3. The molecule has 0 aliphatic heterocycles. The third kappa shape index (κ3) is 1.54. The van der Waals surface area contributed by atoms with Gasteiger partial charge in [0.15, 0.2) is 5.65 Å². The summed E-state index contributed by atoms with van der Waals surface area (Å²) in [7, 11) is 0. The molecule has 0 spiro atoms. The van der Waals surface area contributed by atoms with Crippen molar-refractivity contribution in [2.24, 2.45) is 0 Å². The second-order valence-electron chi connectivity index (χ2n) is 3.70. The van der Waals surface area contributed by atoms with Gasteiger partial charge in [0, 0.05) is 0 Å². The molecule has 3 nitrogen and oxygen atoms in total. The highest BCUT2D eigenvalue weighted by Gasteiger charge is 2.07. The van der Waals surface area contributed by atoms with E-state index in [0.29, 0.717) is 5.92 Å². The van der Waals surface area contributed by atoms with E-state index in [-0.39, 0.29) is 0 Å². The van der Waals surface area contributed by atoms with Gasteiger partial charge < -0.3 is 0 Å². The highest BCUT2D eigenvalue weighted by atomic mass is 79.9. The predicted octanol–water partition coefficient (Wildman–Crippen LogP) is 2.92. The molecule has 0 aliphatic carbocycles. The molecule has 2 heterocycles. The molecular formula is C10H12BrN3. The van der Waals surface area contributed by atoms with E-state index >= 15 is 0 Å². The van der Waals surface area contributed by atoms with Crippen LogP contribution in [0.15, 0.2) is 16.7 Å². The van der Waals surface area contributed by atoms with Gasteiger partial charge >= 0.3 is 0 Å². The average Bonchev–Trinajstić information content (AvgIpc) is 2.45. The van der Waals surface area contributed by atoms with Crippen LogP contribution in [0, 0.1) is 6.92 Å². The van der Waals surface area contributed by atoms with Crippen molar-refractivity contribution in [3.05, 3.63) is 28.1 Å². The standard InChI is InChI=1S/C10H12BrN3/c1-6(2)8-4-9(11)14-10(5-8)12-7(3)13-14/h4-6H,1-3H3. The van der Waals surface area contributed by atoms with E-state index in [1.54, 1.807) is 4.52 Å². The van der Waals surface area contributed by atoms with Gasteiger partial charge in [0.2, 0.25) is 0 Å². The Bertz CT molecular complexity index is 473. The molecule has 2 aromatic heterocycles. The molecule has 0 aliphatic rings. The zero-order chi connectivity index (χ0) is 10.3. The van der Waals surface area contributed by atoms with Gasteiger partial charge in [-0.2, -0.15) is 5.10 Å². The summed E-state index contributed by atoms with van der Waals surface area (Å²) in [5.41, 5.74) is 2.18. The minimum atomic E-state index is 0.508. The van der Waals surface area contributed by atoms with Crippen LogP contribution in [0.25, 0.3) is 5.65 Å². The average molecular weight is 254 g/mol. The molecule has 4 heteroatoms. The predicted molar refractivity (Wildman–Crippen MR) is 59.5 cm³/mol. The Labute approximate surface area is 91.3 Å². The van der Waals surface area contributed by atoms with Crippen LogP contribution in [0.1, 0.15) is 31.2 Å². The van der Waals surface area contributed by atoms with Crippen molar-refractivity contribution in [1.82, 2.24) is 14.6 Å². The summed E-state index contributed by atoms with van der Waals surface area (Å²) in [6.45, 7) is 6.23. The van der Waals surface area contributed by atoms with Crippen LogP contribution in [-0.4, -0.2) is 14.6 Å². The van der Waals surface area contributed by atoms with E-state index in [1.807, 2.05) is 6.92 Å². The smallest absolute Gasteiger partial charge is 0.157 e. The molecule has 0 aromatic carbocycles. The minimum absolute atomic E-state index is 0.508. The van der Waals surface area contributed by atoms with Crippen molar-refractivity contribution in [1.29, 1.82) is 0 Å². The van der Waals surface area contributed by atoms with Crippen molar-refractivity contribution >= 4 is 21.6 Å². The van der Waals surface area contributed by atoms with Gasteiger partial charge in [-0.05, 0) is 46.5 Å². The molecule has 2 rings (SSSR count). The fraction of sp³-hybridized carbons (Fsp3) is 0.400. The summed E-state index contributed by atoms with van der Waals surface area (Å²) in [6, 6.07) is 4.17. The maximum Gasteiger partial charge on any atom is 0.157 e. The number of hydrogen-bond acceptors (Lipinski definition) is 2. The lowest BCUT2D eigenvalue weighted by atomic mass is 10.1. The van der Waals surface area contributed by atoms with Crippen molar-refractivity contribution in [3.8, 4) is 0 Å². The van der Waals surface area contributed by atoms with E-state index in [4.69, 9.17) is 0 Å². The molecule has 14 heavy (non-hydrogen) atoms. The third-order valence-corrected chi connectivity index (χ3v) is 2.75. The normalized spacial score (nSPS) is 11.5. The molecule has 0 amide bonds. The lowest BCUT2D eigenvalue weighted by Gasteiger charge is -2.06. The Morgan fingerprint density at radius 3 is 2.71 bits per heavy atom. The fourth-order valence-corrected chi connectivity index (χ4v) is 1.93. The third-order valence-electron chi connectivity index (χ3n) is 2.19. The van der Waals surface area contributed by atoms with Gasteiger partial charge in [0.25, 0.3) is 0 Å². The Morgan fingerprint density at radius 1 is 1.36 bits per heavy atom. The fourth-order valence-electron chi connectivity index (χ4n) is 1.40. The first kappa shape index (κ1) is 9.65. The van der Waals surface area contributed by atoms with Crippen molar-refractivity contribution < 1.29 is 0 Å². The number of pyridine rings is 1. The largest absolute Gasteiger partial charge is 0.212 e. The molecule has 2 aromatic rings. The van der Waals surface area contributed by atoms with E-state index in [1.165, 1.54) is 5.56 Å². The summed E-state index contributed by atoms with van der Waals surface area (Å²) in [5.74, 6) is 1.31. The molecule has 0 atom stereocenters. The topological polar surface area (TPSA) is 30.2 Å². The maximum atomic E-state index is 4.34. The Kier molecular flexibility index (Phi) is 2.31. The highest BCUT2D eigenvalue weighted by molar-refractivity contribution is 9.10. The Morgan fingerprint density at radius 2 is 2.07 bits per heavy atom. The van der Waals surface area contributed by atoms with Gasteiger partial charge in [-0.15, -0.1) is 0 Å². The zero-order valence-corrected chi connectivity index (χ0v) is 10.0. The molecule has 0 saturated heterocycles. The summed E-state index contributed by atoms with van der Waals surface area (Å²) in [5, 5.41) is 4.27. The molecular weight excluding hydrogens is 242 g/mol. The zero-order valence-electron chi connectivity index (χ0n) is 8.45. The Hall–Kier alpha value is -0.900. The maximum absolute atomic E-state index is 4.34. The number of nitrogens with zero attached hydrogens (tertiary/aromatic N) is 3. The first-order chi connectivity index (χ1) is 6.58. The quantitative estimate of drug-likeness (QED) is 0.732. The molecule has 0 fully saturated rings. The SMILES string of the molecule is Cc1nc2cc(C(C)C)cc(Br)n2n1. The van der Waals surface area contributed by atoms with E-state index in [9.17, 15) is 0 Å². The van der Waals surface area contributed by atoms with Crippen LogP contribution in [0.2, 0.25) is 0 Å². The highest BCUT2D eigenvalue weighted by Crippen LogP contribution is 2.21. The van der Waals surface area contributed by atoms with Crippen molar-refractivity contribution in [2.75, 3.05) is 0 Å². The summed E-state index contributed by atoms with van der Waals surface area (Å²) in [6.07, 6.45) is 0. The van der Waals surface area contributed by atoms with Crippen LogP contribution in [-0.2, 0) is 0 Å². The van der Waals surface area contributed by atoms with Crippen LogP contribution in [0.5, 0.6) is 0 Å². The lowest BCUT2D eigenvalue weighted by Crippen LogP contribution is -1.94. The van der Waals surface area contributed by atoms with Crippen LogP contribution < -0.4 is 0 Å². The molecule has 0 bridgehead atoms. The van der Waals surface area contributed by atoms with Gasteiger partial charge in [-0.3, -0.25) is 0 Å². The van der Waals surface area contributed by atoms with Crippen LogP contribution in [0.4, 0.5) is 0 Å². The van der Waals surface area contributed by atoms with Gasteiger partial charge in [-0.25, -0.2) is 9.50 Å². The monoisotopic (exact) mass is 253 g/mol. The van der Waals surface area contributed by atoms with Crippen LogP contribution in [0.3, 0.4) is 0 Å². The van der Waals surface area contributed by atoms with Crippen molar-refractivity contribution in [2.45, 2.75) is 26.7 Å². The second-order valence-corrected chi connectivity index (χ2v) is 4.51. The summed E-state index contributed by atoms with van der Waals surface area (Å²) >= 11 is 3.49. The summed E-state index contributed by atoms with van der Waals surface area (Å²) in [4.78, 5) is 4.34. The number of fused-ring (bicyclic) bond motifs is 1. The molecule has 0 N–H and O–H groups in total. The van der Waals surface area contributed by atoms with Crippen molar-refractivity contribution in [3.63, 3.8) is 0 Å². The van der Waals surface area contributed by atoms with Gasteiger partial charge in [-0.1, -0.05) is 13.8 Å². The Balaban J connectivity index is 2.71. The van der Waals surface area contributed by atoms with E-state index < -0.39 is 0 Å². The van der Waals surface area contributed by atoms with Gasteiger partial charge in [0.05, 0.1) is 0 Å². The molecule has 0 unspecified atom stereocenters. The van der Waals surface area contributed by atoms with Gasteiger partial charge in [0.1, 0.15) is 10.4 Å².